The lowest BCUT2D eigenvalue weighted by Crippen LogP contribution is -2.23. The van der Waals surface area contributed by atoms with Crippen molar-refractivity contribution >= 4 is 40.8 Å². The second-order valence-electron chi connectivity index (χ2n) is 7.46. The number of nitrogens with one attached hydrogen (secondary N) is 4. The maximum atomic E-state index is 11.8. The van der Waals surface area contributed by atoms with Gasteiger partial charge in [-0.05, 0) is 43.0 Å². The van der Waals surface area contributed by atoms with Gasteiger partial charge < -0.3 is 27.0 Å². The normalized spacial score (nSPS) is 19.9. The van der Waals surface area contributed by atoms with Crippen molar-refractivity contribution in [3.05, 3.63) is 29.3 Å². The molecule has 1 saturated carbocycles. The number of aryl methyl sites for hydroxylation is 1. The predicted octanol–water partition coefficient (Wildman–Crippen LogP) is 1.67. The van der Waals surface area contributed by atoms with Gasteiger partial charge in [-0.25, -0.2) is 0 Å². The van der Waals surface area contributed by atoms with E-state index in [9.17, 15) is 9.59 Å². The highest BCUT2D eigenvalue weighted by atomic mass is 16.2. The third-order valence-electron chi connectivity index (χ3n) is 5.29. The standard InChI is InChI=1S/C19H21N7O2/c20-16(28)12-8-21-17-15(12)18(22-10-2-3-10)26-19(25-17)23-11-4-5-13-9(7-11)1-6-14(27)24-13/h4-5,7,10,12H,1-3,6,8H2,(H2,20,28)(H,24,27)(H3,21,22,23,25,26). The summed E-state index contributed by atoms with van der Waals surface area (Å²) in [5.41, 5.74) is 9.07. The Kier molecular flexibility index (Phi) is 3.81. The molecule has 3 aliphatic rings. The fourth-order valence-electron chi connectivity index (χ4n) is 3.66. The molecule has 0 saturated heterocycles. The molecule has 9 heteroatoms. The summed E-state index contributed by atoms with van der Waals surface area (Å²) in [5, 5.41) is 12.7. The Balaban J connectivity index is 1.46. The van der Waals surface area contributed by atoms with Gasteiger partial charge in [-0.1, -0.05) is 0 Å². The van der Waals surface area contributed by atoms with Crippen molar-refractivity contribution in [3.63, 3.8) is 0 Å². The summed E-state index contributed by atoms with van der Waals surface area (Å²) in [6.07, 6.45) is 3.37. The lowest BCUT2D eigenvalue weighted by atomic mass is 10.0. The van der Waals surface area contributed by atoms with Crippen LogP contribution in [0.2, 0.25) is 0 Å². The van der Waals surface area contributed by atoms with E-state index >= 15 is 0 Å². The Morgan fingerprint density at radius 1 is 1.21 bits per heavy atom. The van der Waals surface area contributed by atoms with Gasteiger partial charge in [0.15, 0.2) is 0 Å². The van der Waals surface area contributed by atoms with Crippen molar-refractivity contribution in [1.82, 2.24) is 9.97 Å². The zero-order valence-corrected chi connectivity index (χ0v) is 15.2. The van der Waals surface area contributed by atoms with Gasteiger partial charge in [0.25, 0.3) is 0 Å². The fourth-order valence-corrected chi connectivity index (χ4v) is 3.66. The van der Waals surface area contributed by atoms with Crippen LogP contribution in [0.25, 0.3) is 0 Å². The second kappa shape index (κ2) is 6.36. The molecule has 5 rings (SSSR count). The van der Waals surface area contributed by atoms with Crippen LogP contribution in [-0.2, 0) is 16.0 Å². The summed E-state index contributed by atoms with van der Waals surface area (Å²) in [4.78, 5) is 32.5. The third-order valence-corrected chi connectivity index (χ3v) is 5.29. The summed E-state index contributed by atoms with van der Waals surface area (Å²) in [7, 11) is 0. The van der Waals surface area contributed by atoms with Gasteiger partial charge in [0.2, 0.25) is 17.8 Å². The van der Waals surface area contributed by atoms with Crippen LogP contribution >= 0.6 is 0 Å². The molecule has 2 aliphatic heterocycles. The van der Waals surface area contributed by atoms with Crippen LogP contribution in [-0.4, -0.2) is 34.4 Å². The minimum absolute atomic E-state index is 0.0426. The van der Waals surface area contributed by atoms with E-state index in [0.29, 0.717) is 43.0 Å². The predicted molar refractivity (Wildman–Crippen MR) is 106 cm³/mol. The highest BCUT2D eigenvalue weighted by molar-refractivity contribution is 5.94. The number of carbonyl (C=O) groups is 2. The van der Waals surface area contributed by atoms with Gasteiger partial charge in [-0.2, -0.15) is 9.97 Å². The van der Waals surface area contributed by atoms with E-state index in [1.54, 1.807) is 0 Å². The highest BCUT2D eigenvalue weighted by Crippen LogP contribution is 2.38. The number of nitrogens with zero attached hydrogens (tertiary/aromatic N) is 2. The first-order valence-corrected chi connectivity index (χ1v) is 9.48. The van der Waals surface area contributed by atoms with Crippen LogP contribution in [0.15, 0.2) is 18.2 Å². The smallest absolute Gasteiger partial charge is 0.231 e. The van der Waals surface area contributed by atoms with Gasteiger partial charge in [0.1, 0.15) is 11.6 Å². The zero-order valence-electron chi connectivity index (χ0n) is 15.2. The number of aromatic nitrogens is 2. The summed E-state index contributed by atoms with van der Waals surface area (Å²) in [5.74, 6) is 0.966. The Labute approximate surface area is 161 Å². The molecule has 1 atom stereocenters. The maximum Gasteiger partial charge on any atom is 0.231 e. The molecule has 1 aliphatic carbocycles. The minimum Gasteiger partial charge on any atom is -0.369 e. The van der Waals surface area contributed by atoms with Crippen molar-refractivity contribution in [2.45, 2.75) is 37.6 Å². The van der Waals surface area contributed by atoms with Crippen molar-refractivity contribution in [2.24, 2.45) is 5.73 Å². The SMILES string of the molecule is NC(=O)C1CNc2nc(Nc3ccc4c(c3)CCC(=O)N4)nc(NC3CC3)c21. The molecule has 2 aromatic rings. The second-order valence-corrected chi connectivity index (χ2v) is 7.46. The number of carbonyl (C=O) groups excluding carboxylic acids is 2. The zero-order chi connectivity index (χ0) is 19.3. The number of hydrogen-bond donors (Lipinski definition) is 5. The molecule has 1 aromatic heterocycles. The summed E-state index contributed by atoms with van der Waals surface area (Å²) in [6, 6.07) is 6.15. The molecule has 0 radical (unpaired) electrons. The van der Waals surface area contributed by atoms with Crippen molar-refractivity contribution in [2.75, 3.05) is 27.8 Å². The number of hydrogen-bond acceptors (Lipinski definition) is 7. The Morgan fingerprint density at radius 2 is 2.07 bits per heavy atom. The Morgan fingerprint density at radius 3 is 2.86 bits per heavy atom. The molecule has 1 fully saturated rings. The van der Waals surface area contributed by atoms with Crippen molar-refractivity contribution in [3.8, 4) is 0 Å². The third kappa shape index (κ3) is 3.08. The van der Waals surface area contributed by atoms with Crippen molar-refractivity contribution in [1.29, 1.82) is 0 Å². The van der Waals surface area contributed by atoms with Crippen molar-refractivity contribution < 1.29 is 9.59 Å². The molecular formula is C19H21N7O2. The average Bonchev–Trinajstić information content (AvgIpc) is 3.37. The Hall–Kier alpha value is -3.36. The van der Waals surface area contributed by atoms with Gasteiger partial charge in [-0.3, -0.25) is 9.59 Å². The molecule has 9 nitrogen and oxygen atoms in total. The molecule has 0 bridgehead atoms. The summed E-state index contributed by atoms with van der Waals surface area (Å²) < 4.78 is 0. The van der Waals surface area contributed by atoms with Gasteiger partial charge in [0.05, 0.1) is 11.5 Å². The summed E-state index contributed by atoms with van der Waals surface area (Å²) >= 11 is 0. The molecular weight excluding hydrogens is 358 g/mol. The quantitative estimate of drug-likeness (QED) is 0.533. The van der Waals surface area contributed by atoms with E-state index in [2.05, 4.69) is 31.2 Å². The largest absolute Gasteiger partial charge is 0.369 e. The van der Waals surface area contributed by atoms with E-state index in [0.717, 1.165) is 35.3 Å². The molecule has 3 heterocycles. The Bertz CT molecular complexity index is 986. The van der Waals surface area contributed by atoms with E-state index in [4.69, 9.17) is 5.73 Å². The number of primary amides is 1. The molecule has 0 spiro atoms. The molecule has 28 heavy (non-hydrogen) atoms. The lowest BCUT2D eigenvalue weighted by Gasteiger charge is -2.18. The highest BCUT2D eigenvalue weighted by Gasteiger charge is 2.34. The topological polar surface area (TPSA) is 134 Å². The van der Waals surface area contributed by atoms with E-state index in [1.807, 2.05) is 18.2 Å². The molecule has 1 unspecified atom stereocenters. The average molecular weight is 379 g/mol. The summed E-state index contributed by atoms with van der Waals surface area (Å²) in [6.45, 7) is 0.431. The molecule has 6 N–H and O–H groups in total. The lowest BCUT2D eigenvalue weighted by molar-refractivity contribution is -0.119. The number of nitrogens with two attached hydrogens (primary N) is 1. The minimum atomic E-state index is -0.433. The van der Waals surface area contributed by atoms with Gasteiger partial charge >= 0.3 is 0 Å². The first-order valence-electron chi connectivity index (χ1n) is 9.48. The van der Waals surface area contributed by atoms with Crippen LogP contribution in [0.4, 0.5) is 29.0 Å². The maximum absolute atomic E-state index is 11.8. The first-order chi connectivity index (χ1) is 13.6. The fraction of sp³-hybridized carbons (Fsp3) is 0.368. The van der Waals surface area contributed by atoms with Gasteiger partial charge in [-0.15, -0.1) is 0 Å². The number of benzene rings is 1. The van der Waals surface area contributed by atoms with E-state index in [1.165, 1.54) is 0 Å². The number of rotatable bonds is 5. The molecule has 1 aromatic carbocycles. The van der Waals surface area contributed by atoms with Crippen LogP contribution in [0, 0.1) is 0 Å². The molecule has 144 valence electrons. The number of anilines is 5. The monoisotopic (exact) mass is 379 g/mol. The van der Waals surface area contributed by atoms with E-state index in [-0.39, 0.29) is 11.8 Å². The van der Waals surface area contributed by atoms with Crippen LogP contribution in [0.1, 0.15) is 36.3 Å². The van der Waals surface area contributed by atoms with Gasteiger partial charge in [0, 0.05) is 30.4 Å². The number of fused-ring (bicyclic) bond motifs is 2. The van der Waals surface area contributed by atoms with Crippen LogP contribution in [0.3, 0.4) is 0 Å². The molecule has 2 amide bonds. The number of amides is 2. The van der Waals surface area contributed by atoms with E-state index < -0.39 is 5.92 Å². The van der Waals surface area contributed by atoms with Crippen LogP contribution < -0.4 is 27.0 Å². The first kappa shape index (κ1) is 16.8. The van der Waals surface area contributed by atoms with Crippen LogP contribution in [0.5, 0.6) is 0 Å².